The van der Waals surface area contributed by atoms with E-state index >= 15 is 0 Å². The Balaban J connectivity index is 2.74. The van der Waals surface area contributed by atoms with E-state index in [1.807, 2.05) is 6.07 Å². The number of amides is 1. The number of primary sulfonamides is 1. The smallest absolute Gasteiger partial charge is 0.257 e. The van der Waals surface area contributed by atoms with Crippen LogP contribution in [0.1, 0.15) is 6.42 Å². The van der Waals surface area contributed by atoms with Crippen molar-refractivity contribution in [1.82, 2.24) is 5.32 Å². The molecule has 0 radical (unpaired) electrons. The maximum Gasteiger partial charge on any atom is 0.257 e. The van der Waals surface area contributed by atoms with Gasteiger partial charge < -0.3 is 10.1 Å². The molecule has 0 atom stereocenters. The Morgan fingerprint density at radius 1 is 1.50 bits per heavy atom. The molecular weight excluding hydrogens is 306 g/mol. The predicted octanol–water partition coefficient (Wildman–Crippen LogP) is 0.396. The van der Waals surface area contributed by atoms with Crippen LogP contribution in [0.3, 0.4) is 0 Å². The maximum atomic E-state index is 11.4. The van der Waals surface area contributed by atoms with Crippen molar-refractivity contribution in [2.75, 3.05) is 13.2 Å². The van der Waals surface area contributed by atoms with E-state index in [1.165, 1.54) is 12.1 Å². The molecule has 9 heteroatoms. The summed E-state index contributed by atoms with van der Waals surface area (Å²) in [5, 5.41) is 16.0. The van der Waals surface area contributed by atoms with Crippen LogP contribution in [-0.2, 0) is 14.8 Å². The molecule has 1 aromatic rings. The van der Waals surface area contributed by atoms with E-state index in [-0.39, 0.29) is 28.6 Å². The van der Waals surface area contributed by atoms with Crippen LogP contribution in [0.4, 0.5) is 0 Å². The lowest BCUT2D eigenvalue weighted by Gasteiger charge is -2.10. The van der Waals surface area contributed by atoms with Gasteiger partial charge in [0.15, 0.2) is 6.61 Å². The van der Waals surface area contributed by atoms with Crippen molar-refractivity contribution < 1.29 is 17.9 Å². The average molecular weight is 318 g/mol. The van der Waals surface area contributed by atoms with Crippen molar-refractivity contribution in [3.8, 4) is 11.8 Å². The molecule has 1 aromatic carbocycles. The van der Waals surface area contributed by atoms with Crippen LogP contribution in [0.25, 0.3) is 0 Å². The summed E-state index contributed by atoms with van der Waals surface area (Å²) in [5.74, 6) is -0.539. The summed E-state index contributed by atoms with van der Waals surface area (Å²) in [6.45, 7) is -0.197. The third-order valence-electron chi connectivity index (χ3n) is 2.13. The highest BCUT2D eigenvalue weighted by molar-refractivity contribution is 7.89. The van der Waals surface area contributed by atoms with E-state index in [1.54, 1.807) is 0 Å². The minimum atomic E-state index is -4.01. The molecule has 0 unspecified atom stereocenters. The van der Waals surface area contributed by atoms with Gasteiger partial charge >= 0.3 is 0 Å². The fourth-order valence-electron chi connectivity index (χ4n) is 1.28. The molecule has 0 heterocycles. The zero-order chi connectivity index (χ0) is 15.2. The first-order chi connectivity index (χ1) is 9.34. The van der Waals surface area contributed by atoms with Crippen LogP contribution in [0, 0.1) is 11.3 Å². The second-order valence-corrected chi connectivity index (χ2v) is 5.65. The van der Waals surface area contributed by atoms with Gasteiger partial charge in [-0.15, -0.1) is 0 Å². The van der Waals surface area contributed by atoms with Gasteiger partial charge in [0.1, 0.15) is 10.6 Å². The van der Waals surface area contributed by atoms with Gasteiger partial charge in [0.25, 0.3) is 5.91 Å². The molecule has 0 saturated heterocycles. The molecule has 0 aliphatic carbocycles. The monoisotopic (exact) mass is 317 g/mol. The van der Waals surface area contributed by atoms with Gasteiger partial charge in [-0.2, -0.15) is 5.26 Å². The maximum absolute atomic E-state index is 11.4. The Morgan fingerprint density at radius 2 is 2.20 bits per heavy atom. The van der Waals surface area contributed by atoms with Gasteiger partial charge in [0, 0.05) is 11.6 Å². The predicted molar refractivity (Wildman–Crippen MR) is 71.6 cm³/mol. The molecule has 0 fully saturated rings. The van der Waals surface area contributed by atoms with Gasteiger partial charge in [-0.05, 0) is 18.2 Å². The summed E-state index contributed by atoms with van der Waals surface area (Å²) in [7, 11) is -4.01. The number of hydrogen-bond donors (Lipinski definition) is 2. The number of nitriles is 1. The standard InChI is InChI=1S/C11H12ClN3O4S/c12-8-2-3-9(10(6-8)20(14,17)18)19-7-11(16)15-5-1-4-13/h2-3,6H,1,5,7H2,(H,15,16)(H2,14,17,18). The number of nitrogens with zero attached hydrogens (tertiary/aromatic N) is 1. The number of ether oxygens (including phenoxy) is 1. The molecule has 0 saturated carbocycles. The molecule has 0 bridgehead atoms. The fourth-order valence-corrected chi connectivity index (χ4v) is 2.21. The molecule has 20 heavy (non-hydrogen) atoms. The van der Waals surface area contributed by atoms with Gasteiger partial charge in [0.2, 0.25) is 10.0 Å². The number of nitrogens with two attached hydrogens (primary N) is 1. The topological polar surface area (TPSA) is 122 Å². The minimum Gasteiger partial charge on any atom is -0.482 e. The van der Waals surface area contributed by atoms with E-state index in [2.05, 4.69) is 5.32 Å². The third kappa shape index (κ3) is 5.05. The van der Waals surface area contributed by atoms with E-state index in [0.29, 0.717) is 0 Å². The van der Waals surface area contributed by atoms with Crippen molar-refractivity contribution in [2.45, 2.75) is 11.3 Å². The number of carbonyl (C=O) groups excluding carboxylic acids is 1. The molecule has 0 spiro atoms. The van der Waals surface area contributed by atoms with Gasteiger partial charge in [-0.3, -0.25) is 4.79 Å². The molecule has 108 valence electrons. The summed E-state index contributed by atoms with van der Waals surface area (Å²) < 4.78 is 27.8. The molecule has 1 amide bonds. The van der Waals surface area contributed by atoms with Crippen LogP contribution < -0.4 is 15.2 Å². The Bertz CT molecular complexity index is 640. The zero-order valence-corrected chi connectivity index (χ0v) is 11.9. The summed E-state index contributed by atoms with van der Waals surface area (Å²) in [5.41, 5.74) is 0. The Hall–Kier alpha value is -1.82. The quantitative estimate of drug-likeness (QED) is 0.735. The van der Waals surface area contributed by atoms with Crippen LogP contribution in [0.5, 0.6) is 5.75 Å². The second-order valence-electron chi connectivity index (χ2n) is 3.68. The average Bonchev–Trinajstić information content (AvgIpc) is 2.36. The van der Waals surface area contributed by atoms with Crippen molar-refractivity contribution in [3.05, 3.63) is 23.2 Å². The molecule has 0 aliphatic rings. The fraction of sp³-hybridized carbons (Fsp3) is 0.273. The van der Waals surface area contributed by atoms with Crippen LogP contribution in [0.2, 0.25) is 5.02 Å². The number of nitrogens with one attached hydrogen (secondary N) is 1. The highest BCUT2D eigenvalue weighted by Gasteiger charge is 2.16. The van der Waals surface area contributed by atoms with E-state index in [4.69, 9.17) is 26.7 Å². The number of benzene rings is 1. The Kier molecular flexibility index (Phi) is 5.76. The van der Waals surface area contributed by atoms with Crippen molar-refractivity contribution in [3.63, 3.8) is 0 Å². The van der Waals surface area contributed by atoms with Crippen molar-refractivity contribution in [1.29, 1.82) is 5.26 Å². The van der Waals surface area contributed by atoms with Crippen molar-refractivity contribution in [2.24, 2.45) is 5.14 Å². The highest BCUT2D eigenvalue weighted by atomic mass is 35.5. The molecule has 3 N–H and O–H groups in total. The number of rotatable bonds is 6. The Labute approximate surface area is 121 Å². The lowest BCUT2D eigenvalue weighted by Crippen LogP contribution is -2.29. The SMILES string of the molecule is N#CCCNC(=O)COc1ccc(Cl)cc1S(N)(=O)=O. The summed E-state index contributed by atoms with van der Waals surface area (Å²) in [6, 6.07) is 5.73. The van der Waals surface area contributed by atoms with E-state index in [9.17, 15) is 13.2 Å². The highest BCUT2D eigenvalue weighted by Crippen LogP contribution is 2.26. The van der Waals surface area contributed by atoms with Crippen LogP contribution in [-0.4, -0.2) is 27.5 Å². The molecule has 7 nitrogen and oxygen atoms in total. The second kappa shape index (κ2) is 7.09. The molecule has 1 rings (SSSR count). The third-order valence-corrected chi connectivity index (χ3v) is 3.30. The van der Waals surface area contributed by atoms with Gasteiger partial charge in [-0.1, -0.05) is 11.6 Å². The minimum absolute atomic E-state index is 0.0627. The number of halogens is 1. The Morgan fingerprint density at radius 3 is 2.80 bits per heavy atom. The zero-order valence-electron chi connectivity index (χ0n) is 10.3. The van der Waals surface area contributed by atoms with Gasteiger partial charge in [0.05, 0.1) is 12.5 Å². The molecule has 0 aliphatic heterocycles. The lowest BCUT2D eigenvalue weighted by atomic mass is 10.3. The summed E-state index contributed by atoms with van der Waals surface area (Å²) in [4.78, 5) is 11.1. The first-order valence-corrected chi connectivity index (χ1v) is 7.36. The summed E-state index contributed by atoms with van der Waals surface area (Å²) in [6.07, 6.45) is 0.176. The number of hydrogen-bond acceptors (Lipinski definition) is 5. The van der Waals surface area contributed by atoms with Crippen LogP contribution >= 0.6 is 11.6 Å². The van der Waals surface area contributed by atoms with Gasteiger partial charge in [-0.25, -0.2) is 13.6 Å². The van der Waals surface area contributed by atoms with E-state index < -0.39 is 22.5 Å². The lowest BCUT2D eigenvalue weighted by molar-refractivity contribution is -0.123. The number of sulfonamides is 1. The van der Waals surface area contributed by atoms with E-state index in [0.717, 1.165) is 6.07 Å². The summed E-state index contributed by atoms with van der Waals surface area (Å²) >= 11 is 5.68. The largest absolute Gasteiger partial charge is 0.482 e. The van der Waals surface area contributed by atoms with Crippen LogP contribution in [0.15, 0.2) is 23.1 Å². The van der Waals surface area contributed by atoms with Crippen molar-refractivity contribution >= 4 is 27.5 Å². The number of carbonyl (C=O) groups is 1. The first-order valence-electron chi connectivity index (χ1n) is 5.43. The first kappa shape index (κ1) is 16.2. The molecule has 0 aromatic heterocycles. The molecular formula is C11H12ClN3O4S. The normalized spacial score (nSPS) is 10.7.